The van der Waals surface area contributed by atoms with Crippen molar-refractivity contribution >= 4 is 35.1 Å². The van der Waals surface area contributed by atoms with Gasteiger partial charge in [0.25, 0.3) is 0 Å². The minimum atomic E-state index is -0.483. The Morgan fingerprint density at radius 3 is 2.36 bits per heavy atom. The van der Waals surface area contributed by atoms with Crippen LogP contribution in [-0.4, -0.2) is 23.1 Å². The Hall–Kier alpha value is -1.10. The van der Waals surface area contributed by atoms with Crippen molar-refractivity contribution in [3.05, 3.63) is 35.4 Å². The van der Waals surface area contributed by atoms with E-state index in [-0.39, 0.29) is 11.8 Å². The van der Waals surface area contributed by atoms with Gasteiger partial charge in [-0.3, -0.25) is 9.59 Å². The quantitative estimate of drug-likeness (QED) is 0.447. The van der Waals surface area contributed by atoms with Crippen LogP contribution in [-0.2, 0) is 19.1 Å². The SMILES string of the molecule is O=C1OC(=O)C2c3ccccc3C(C3CC(Cl)OC3Cl)CC12. The summed E-state index contributed by atoms with van der Waals surface area (Å²) in [6.07, 6.45) is 1.18. The maximum Gasteiger partial charge on any atom is 0.321 e. The van der Waals surface area contributed by atoms with E-state index in [9.17, 15) is 9.59 Å². The van der Waals surface area contributed by atoms with Gasteiger partial charge in [0.15, 0.2) is 0 Å². The molecule has 6 heteroatoms. The van der Waals surface area contributed by atoms with Crippen LogP contribution in [0.15, 0.2) is 24.3 Å². The first-order valence-corrected chi connectivity index (χ1v) is 8.21. The van der Waals surface area contributed by atoms with Crippen molar-refractivity contribution in [2.24, 2.45) is 11.8 Å². The lowest BCUT2D eigenvalue weighted by molar-refractivity contribution is -0.153. The van der Waals surface area contributed by atoms with Crippen LogP contribution in [0, 0.1) is 11.8 Å². The first-order valence-electron chi connectivity index (χ1n) is 7.34. The molecule has 1 aromatic carbocycles. The highest BCUT2D eigenvalue weighted by atomic mass is 35.5. The molecular formula is C16H14Cl2O4. The van der Waals surface area contributed by atoms with Crippen LogP contribution < -0.4 is 0 Å². The van der Waals surface area contributed by atoms with Crippen LogP contribution in [0.5, 0.6) is 0 Å². The predicted molar refractivity (Wildman–Crippen MR) is 79.6 cm³/mol. The van der Waals surface area contributed by atoms with Gasteiger partial charge in [-0.05, 0) is 29.9 Å². The smallest absolute Gasteiger partial charge is 0.321 e. The third kappa shape index (κ3) is 2.08. The highest BCUT2D eigenvalue weighted by Gasteiger charge is 2.53. The number of hydrogen-bond donors (Lipinski definition) is 0. The van der Waals surface area contributed by atoms with Crippen LogP contribution in [0.25, 0.3) is 0 Å². The molecule has 2 saturated heterocycles. The van der Waals surface area contributed by atoms with Gasteiger partial charge in [0.2, 0.25) is 0 Å². The molecule has 1 aromatic rings. The van der Waals surface area contributed by atoms with Gasteiger partial charge in [-0.1, -0.05) is 47.5 Å². The summed E-state index contributed by atoms with van der Waals surface area (Å²) in [5, 5.41) is 0. The van der Waals surface area contributed by atoms with Crippen molar-refractivity contribution in [2.45, 2.75) is 35.8 Å². The Balaban J connectivity index is 1.78. The molecule has 0 spiro atoms. The fourth-order valence-corrected chi connectivity index (χ4v) is 4.79. The Morgan fingerprint density at radius 1 is 0.955 bits per heavy atom. The molecule has 2 aliphatic heterocycles. The number of benzene rings is 1. The first-order chi connectivity index (χ1) is 10.6. The fraction of sp³-hybridized carbons (Fsp3) is 0.500. The van der Waals surface area contributed by atoms with Gasteiger partial charge in [0.1, 0.15) is 11.1 Å². The molecule has 6 unspecified atom stereocenters. The maximum atomic E-state index is 12.0. The molecule has 3 aliphatic rings. The highest BCUT2D eigenvalue weighted by Crippen LogP contribution is 2.52. The van der Waals surface area contributed by atoms with Crippen molar-refractivity contribution in [1.29, 1.82) is 0 Å². The molecule has 22 heavy (non-hydrogen) atoms. The third-order valence-corrected chi connectivity index (χ3v) is 5.69. The summed E-state index contributed by atoms with van der Waals surface area (Å²) in [6.45, 7) is 0. The minimum absolute atomic E-state index is 0.0229. The molecule has 0 saturated carbocycles. The van der Waals surface area contributed by atoms with E-state index in [0.717, 1.165) is 11.1 Å². The van der Waals surface area contributed by atoms with E-state index in [1.54, 1.807) is 0 Å². The number of halogens is 2. The lowest BCUT2D eigenvalue weighted by atomic mass is 9.67. The number of carbonyl (C=O) groups is 2. The van der Waals surface area contributed by atoms with Crippen molar-refractivity contribution in [3.8, 4) is 0 Å². The molecule has 1 aliphatic carbocycles. The number of hydrogen-bond acceptors (Lipinski definition) is 4. The molecule has 0 bridgehead atoms. The zero-order valence-electron chi connectivity index (χ0n) is 11.6. The summed E-state index contributed by atoms with van der Waals surface area (Å²) in [6, 6.07) is 7.71. The molecule has 6 atom stereocenters. The third-order valence-electron chi connectivity index (χ3n) is 4.99. The summed E-state index contributed by atoms with van der Waals surface area (Å²) in [4.78, 5) is 24.0. The summed E-state index contributed by atoms with van der Waals surface area (Å²) >= 11 is 12.3. The second-order valence-electron chi connectivity index (χ2n) is 6.09. The van der Waals surface area contributed by atoms with Gasteiger partial charge in [0.05, 0.1) is 11.8 Å². The lowest BCUT2D eigenvalue weighted by Gasteiger charge is -2.34. The van der Waals surface area contributed by atoms with E-state index >= 15 is 0 Å². The maximum absolute atomic E-state index is 12.0. The summed E-state index contributed by atoms with van der Waals surface area (Å²) < 4.78 is 10.3. The molecule has 0 radical (unpaired) electrons. The molecule has 2 fully saturated rings. The van der Waals surface area contributed by atoms with Gasteiger partial charge in [0, 0.05) is 5.92 Å². The average Bonchev–Trinajstić information content (AvgIpc) is 2.97. The van der Waals surface area contributed by atoms with Crippen molar-refractivity contribution in [3.63, 3.8) is 0 Å². The standard InChI is InChI=1S/C16H14Cl2O4/c17-12-6-10(14(18)21-12)9-5-11-13(16(20)22-15(11)19)8-4-2-1-3-7(8)9/h1-4,9-14H,5-6H2. The summed E-state index contributed by atoms with van der Waals surface area (Å²) in [5.74, 6) is -1.71. The van der Waals surface area contributed by atoms with Crippen molar-refractivity contribution in [1.82, 2.24) is 0 Å². The van der Waals surface area contributed by atoms with Crippen molar-refractivity contribution < 1.29 is 19.1 Å². The molecule has 4 rings (SSSR count). The molecule has 0 amide bonds. The number of carbonyl (C=O) groups excluding carboxylic acids is 2. The highest BCUT2D eigenvalue weighted by molar-refractivity contribution is 6.22. The van der Waals surface area contributed by atoms with Crippen LogP contribution in [0.4, 0.5) is 0 Å². The normalized spacial score (nSPS) is 40.3. The molecule has 0 aromatic heterocycles. The van der Waals surface area contributed by atoms with E-state index in [1.165, 1.54) is 0 Å². The molecule has 0 N–H and O–H groups in total. The zero-order valence-corrected chi connectivity index (χ0v) is 13.1. The fourth-order valence-electron chi connectivity index (χ4n) is 4.02. The Labute approximate surface area is 137 Å². The number of ether oxygens (including phenoxy) is 2. The largest absolute Gasteiger partial charge is 0.392 e. The van der Waals surface area contributed by atoms with E-state index in [1.807, 2.05) is 24.3 Å². The Kier molecular flexibility index (Phi) is 3.44. The zero-order chi connectivity index (χ0) is 15.4. The van der Waals surface area contributed by atoms with Gasteiger partial charge in [-0.25, -0.2) is 0 Å². The average molecular weight is 341 g/mol. The molecular weight excluding hydrogens is 327 g/mol. The van der Waals surface area contributed by atoms with Crippen LogP contribution in [0.2, 0.25) is 0 Å². The number of alkyl halides is 2. The van der Waals surface area contributed by atoms with E-state index in [0.29, 0.717) is 12.8 Å². The topological polar surface area (TPSA) is 52.6 Å². The Morgan fingerprint density at radius 2 is 1.68 bits per heavy atom. The molecule has 2 heterocycles. The summed E-state index contributed by atoms with van der Waals surface area (Å²) in [5.41, 5.74) is 1.04. The minimum Gasteiger partial charge on any atom is -0.392 e. The van der Waals surface area contributed by atoms with Gasteiger partial charge < -0.3 is 9.47 Å². The van der Waals surface area contributed by atoms with Gasteiger partial charge in [-0.15, -0.1) is 0 Å². The Bertz CT molecular complexity index is 647. The monoisotopic (exact) mass is 340 g/mol. The summed E-state index contributed by atoms with van der Waals surface area (Å²) in [7, 11) is 0. The number of esters is 2. The van der Waals surface area contributed by atoms with Crippen LogP contribution in [0.1, 0.15) is 35.8 Å². The van der Waals surface area contributed by atoms with Crippen molar-refractivity contribution in [2.75, 3.05) is 0 Å². The predicted octanol–water partition coefficient (Wildman–Crippen LogP) is 3.12. The second-order valence-corrected chi connectivity index (χ2v) is 7.01. The number of cyclic esters (lactones) is 2. The van der Waals surface area contributed by atoms with E-state index in [2.05, 4.69) is 0 Å². The number of fused-ring (bicyclic) bond motifs is 3. The van der Waals surface area contributed by atoms with Crippen LogP contribution >= 0.6 is 23.2 Å². The molecule has 4 nitrogen and oxygen atoms in total. The van der Waals surface area contributed by atoms with E-state index in [4.69, 9.17) is 32.7 Å². The lowest BCUT2D eigenvalue weighted by Crippen LogP contribution is -2.31. The second kappa shape index (κ2) is 5.22. The number of rotatable bonds is 1. The van der Waals surface area contributed by atoms with E-state index < -0.39 is 34.9 Å². The van der Waals surface area contributed by atoms with Gasteiger partial charge >= 0.3 is 11.9 Å². The van der Waals surface area contributed by atoms with Gasteiger partial charge in [-0.2, -0.15) is 0 Å². The van der Waals surface area contributed by atoms with Crippen LogP contribution in [0.3, 0.4) is 0 Å². The first kappa shape index (κ1) is 14.5. The molecule has 116 valence electrons.